The average Bonchev–Trinajstić information content (AvgIpc) is 2.60. The van der Waals surface area contributed by atoms with E-state index in [1.807, 2.05) is 29.1 Å². The topological polar surface area (TPSA) is 43.8 Å². The number of alkyl halides is 1. The molecular formula is C11H14FN3. The van der Waals surface area contributed by atoms with Crippen molar-refractivity contribution in [1.29, 1.82) is 0 Å². The van der Waals surface area contributed by atoms with Crippen LogP contribution >= 0.6 is 0 Å². The molecule has 80 valence electrons. The van der Waals surface area contributed by atoms with E-state index in [0.717, 1.165) is 29.6 Å². The lowest BCUT2D eigenvalue weighted by Gasteiger charge is -1.97. The van der Waals surface area contributed by atoms with E-state index in [-0.39, 0.29) is 6.67 Å². The third-order valence-corrected chi connectivity index (χ3v) is 2.35. The molecule has 0 fully saturated rings. The summed E-state index contributed by atoms with van der Waals surface area (Å²) >= 11 is 0. The van der Waals surface area contributed by atoms with Gasteiger partial charge in [0.05, 0.1) is 12.2 Å². The largest absolute Gasteiger partial charge is 0.399 e. The Morgan fingerprint density at radius 3 is 3.00 bits per heavy atom. The lowest BCUT2D eigenvalue weighted by molar-refractivity contribution is 0.440. The second kappa shape index (κ2) is 4.29. The highest BCUT2D eigenvalue weighted by Gasteiger charge is 2.00. The van der Waals surface area contributed by atoms with Crippen molar-refractivity contribution in [3.63, 3.8) is 0 Å². The first kappa shape index (κ1) is 9.96. The number of fused-ring (bicyclic) bond motifs is 1. The van der Waals surface area contributed by atoms with Crippen molar-refractivity contribution < 1.29 is 4.39 Å². The molecule has 2 rings (SSSR count). The van der Waals surface area contributed by atoms with Crippen LogP contribution in [0.1, 0.15) is 12.8 Å². The minimum atomic E-state index is -0.256. The smallest absolute Gasteiger partial charge is 0.0943 e. The Hall–Kier alpha value is -1.58. The van der Waals surface area contributed by atoms with Crippen molar-refractivity contribution in [2.24, 2.45) is 0 Å². The van der Waals surface area contributed by atoms with E-state index in [1.165, 1.54) is 0 Å². The van der Waals surface area contributed by atoms with Crippen LogP contribution < -0.4 is 5.73 Å². The monoisotopic (exact) mass is 207 g/mol. The zero-order chi connectivity index (χ0) is 10.7. The van der Waals surface area contributed by atoms with E-state index in [0.29, 0.717) is 6.42 Å². The van der Waals surface area contributed by atoms with E-state index < -0.39 is 0 Å². The Balaban J connectivity index is 2.16. The predicted molar refractivity (Wildman–Crippen MR) is 59.4 cm³/mol. The maximum absolute atomic E-state index is 11.9. The van der Waals surface area contributed by atoms with Crippen LogP contribution in [-0.2, 0) is 6.54 Å². The Labute approximate surface area is 87.7 Å². The van der Waals surface area contributed by atoms with Crippen LogP contribution in [0.4, 0.5) is 10.1 Å². The molecule has 0 amide bonds. The van der Waals surface area contributed by atoms with E-state index in [4.69, 9.17) is 5.73 Å². The van der Waals surface area contributed by atoms with Gasteiger partial charge in [-0.25, -0.2) is 0 Å². The normalized spacial score (nSPS) is 11.0. The average molecular weight is 207 g/mol. The van der Waals surface area contributed by atoms with E-state index >= 15 is 0 Å². The molecule has 1 aromatic heterocycles. The number of hydrogen-bond acceptors (Lipinski definition) is 2. The van der Waals surface area contributed by atoms with Crippen LogP contribution in [0.5, 0.6) is 0 Å². The molecule has 0 radical (unpaired) electrons. The molecule has 2 aromatic rings. The zero-order valence-corrected chi connectivity index (χ0v) is 8.49. The minimum Gasteiger partial charge on any atom is -0.399 e. The van der Waals surface area contributed by atoms with Crippen LogP contribution in [0.3, 0.4) is 0 Å². The zero-order valence-electron chi connectivity index (χ0n) is 8.49. The number of nitrogens with two attached hydrogens (primary N) is 1. The van der Waals surface area contributed by atoms with Crippen molar-refractivity contribution in [2.75, 3.05) is 12.4 Å². The number of hydrogen-bond donors (Lipinski definition) is 1. The van der Waals surface area contributed by atoms with E-state index in [1.54, 1.807) is 0 Å². The van der Waals surface area contributed by atoms with E-state index in [2.05, 4.69) is 5.10 Å². The number of nitrogen functional groups attached to an aromatic ring is 1. The molecule has 0 saturated heterocycles. The first-order chi connectivity index (χ1) is 7.29. The second-order valence-corrected chi connectivity index (χ2v) is 3.61. The van der Waals surface area contributed by atoms with Crippen LogP contribution in [0, 0.1) is 0 Å². The standard InChI is InChI=1S/C11H14FN3/c12-5-1-2-6-15-8-9-3-4-10(13)7-11(9)14-15/h3-4,7-8H,1-2,5-6,13H2. The number of aromatic nitrogens is 2. The number of aryl methyl sites for hydroxylation is 1. The van der Waals surface area contributed by atoms with Gasteiger partial charge in [0.1, 0.15) is 0 Å². The van der Waals surface area contributed by atoms with Crippen LogP contribution in [0.25, 0.3) is 10.9 Å². The Bertz CT molecular complexity index is 450. The lowest BCUT2D eigenvalue weighted by Crippen LogP contribution is -1.98. The molecule has 15 heavy (non-hydrogen) atoms. The number of rotatable bonds is 4. The summed E-state index contributed by atoms with van der Waals surface area (Å²) in [4.78, 5) is 0. The highest BCUT2D eigenvalue weighted by molar-refractivity contribution is 5.81. The van der Waals surface area contributed by atoms with Gasteiger partial charge in [-0.1, -0.05) is 0 Å². The Morgan fingerprint density at radius 1 is 1.33 bits per heavy atom. The van der Waals surface area contributed by atoms with Gasteiger partial charge in [0.2, 0.25) is 0 Å². The highest BCUT2D eigenvalue weighted by Crippen LogP contribution is 2.15. The number of halogens is 1. The third-order valence-electron chi connectivity index (χ3n) is 2.35. The van der Waals surface area contributed by atoms with Gasteiger partial charge >= 0.3 is 0 Å². The number of anilines is 1. The number of benzene rings is 1. The Kier molecular flexibility index (Phi) is 2.85. The molecule has 0 bridgehead atoms. The molecule has 1 aromatic carbocycles. The summed E-state index contributed by atoms with van der Waals surface area (Å²) in [5, 5.41) is 5.43. The maximum Gasteiger partial charge on any atom is 0.0943 e. The summed E-state index contributed by atoms with van der Waals surface area (Å²) in [6.07, 6.45) is 3.38. The minimum absolute atomic E-state index is 0.256. The molecule has 2 N–H and O–H groups in total. The van der Waals surface area contributed by atoms with Gasteiger partial charge in [-0.05, 0) is 31.0 Å². The van der Waals surface area contributed by atoms with Crippen molar-refractivity contribution in [2.45, 2.75) is 19.4 Å². The summed E-state index contributed by atoms with van der Waals surface area (Å²) in [6, 6.07) is 5.65. The molecule has 0 aliphatic heterocycles. The van der Waals surface area contributed by atoms with Gasteiger partial charge in [0, 0.05) is 23.8 Å². The van der Waals surface area contributed by atoms with Gasteiger partial charge in [0.15, 0.2) is 0 Å². The molecule has 0 saturated carbocycles. The SMILES string of the molecule is Nc1ccc2cn(CCCCF)nc2c1. The summed E-state index contributed by atoms with van der Waals surface area (Å²) in [6.45, 7) is 0.506. The first-order valence-corrected chi connectivity index (χ1v) is 5.08. The number of nitrogens with zero attached hydrogens (tertiary/aromatic N) is 2. The van der Waals surface area contributed by atoms with Crippen LogP contribution in [-0.4, -0.2) is 16.5 Å². The predicted octanol–water partition coefficient (Wildman–Crippen LogP) is 2.37. The van der Waals surface area contributed by atoms with Crippen molar-refractivity contribution in [1.82, 2.24) is 9.78 Å². The van der Waals surface area contributed by atoms with Gasteiger partial charge in [-0.15, -0.1) is 0 Å². The van der Waals surface area contributed by atoms with E-state index in [9.17, 15) is 4.39 Å². The molecule has 4 heteroatoms. The third kappa shape index (κ3) is 2.26. The maximum atomic E-state index is 11.9. The highest BCUT2D eigenvalue weighted by atomic mass is 19.1. The summed E-state index contributed by atoms with van der Waals surface area (Å²) in [5.41, 5.74) is 7.27. The molecule has 0 aliphatic carbocycles. The molecule has 0 spiro atoms. The lowest BCUT2D eigenvalue weighted by atomic mass is 10.2. The van der Waals surface area contributed by atoms with Crippen LogP contribution in [0.2, 0.25) is 0 Å². The molecular weight excluding hydrogens is 193 g/mol. The number of unbranched alkanes of at least 4 members (excludes halogenated alkanes) is 1. The van der Waals surface area contributed by atoms with Gasteiger partial charge in [-0.3, -0.25) is 9.07 Å². The van der Waals surface area contributed by atoms with Gasteiger partial charge < -0.3 is 5.73 Å². The first-order valence-electron chi connectivity index (χ1n) is 5.08. The molecule has 1 heterocycles. The van der Waals surface area contributed by atoms with Crippen molar-refractivity contribution in [3.05, 3.63) is 24.4 Å². The fraction of sp³-hybridized carbons (Fsp3) is 0.364. The molecule has 0 aliphatic rings. The summed E-state index contributed by atoms with van der Waals surface area (Å²) in [5.74, 6) is 0. The Morgan fingerprint density at radius 2 is 2.20 bits per heavy atom. The second-order valence-electron chi connectivity index (χ2n) is 3.61. The van der Waals surface area contributed by atoms with Crippen LogP contribution in [0.15, 0.2) is 24.4 Å². The fourth-order valence-electron chi connectivity index (χ4n) is 1.57. The van der Waals surface area contributed by atoms with Crippen molar-refractivity contribution in [3.8, 4) is 0 Å². The molecule has 3 nitrogen and oxygen atoms in total. The fourth-order valence-corrected chi connectivity index (χ4v) is 1.57. The van der Waals surface area contributed by atoms with Gasteiger partial charge in [0.25, 0.3) is 0 Å². The summed E-state index contributed by atoms with van der Waals surface area (Å²) < 4.78 is 13.8. The van der Waals surface area contributed by atoms with Gasteiger partial charge in [-0.2, -0.15) is 5.10 Å². The molecule has 0 atom stereocenters. The quantitative estimate of drug-likeness (QED) is 0.618. The van der Waals surface area contributed by atoms with Crippen molar-refractivity contribution >= 4 is 16.6 Å². The molecule has 0 unspecified atom stereocenters. The summed E-state index contributed by atoms with van der Waals surface area (Å²) in [7, 11) is 0.